The van der Waals surface area contributed by atoms with Crippen LogP contribution in [-0.2, 0) is 14.8 Å². The molecule has 7 nitrogen and oxygen atoms in total. The number of carbonyl (C=O) groups is 1. The predicted molar refractivity (Wildman–Crippen MR) is 129 cm³/mol. The number of hydrogen-bond acceptors (Lipinski definition) is 5. The van der Waals surface area contributed by atoms with Gasteiger partial charge in [-0.3, -0.25) is 9.52 Å². The average molecular weight is 469 g/mol. The molecule has 1 unspecified atom stereocenters. The Morgan fingerprint density at radius 3 is 2.30 bits per heavy atom. The van der Waals surface area contributed by atoms with Crippen molar-refractivity contribution in [1.82, 2.24) is 0 Å². The summed E-state index contributed by atoms with van der Waals surface area (Å²) < 4.78 is 39.3. The third-order valence-electron chi connectivity index (χ3n) is 4.96. The molecule has 8 heteroatoms. The molecule has 0 aliphatic rings. The Hall–Kier alpha value is -3.52. The molecule has 0 aliphatic heterocycles. The Labute approximate surface area is 194 Å². The first-order valence-corrected chi connectivity index (χ1v) is 12.0. The Morgan fingerprint density at radius 2 is 1.67 bits per heavy atom. The number of sulfonamides is 1. The molecule has 3 aromatic rings. The van der Waals surface area contributed by atoms with E-state index >= 15 is 0 Å². The van der Waals surface area contributed by atoms with E-state index < -0.39 is 16.1 Å². The van der Waals surface area contributed by atoms with Gasteiger partial charge in [0.15, 0.2) is 6.10 Å². The number of rotatable bonds is 9. The summed E-state index contributed by atoms with van der Waals surface area (Å²) in [5, 5.41) is 2.78. The molecule has 0 aromatic heterocycles. The molecule has 0 radical (unpaired) electrons. The van der Waals surface area contributed by atoms with Crippen LogP contribution in [0.1, 0.15) is 24.5 Å². The molecule has 1 amide bonds. The first kappa shape index (κ1) is 24.1. The van der Waals surface area contributed by atoms with Crippen LogP contribution in [0.5, 0.6) is 11.5 Å². The molecule has 174 valence electrons. The topological polar surface area (TPSA) is 93.7 Å². The normalized spacial score (nSPS) is 12.0. The first-order chi connectivity index (χ1) is 15.7. The van der Waals surface area contributed by atoms with Crippen molar-refractivity contribution in [3.05, 3.63) is 77.9 Å². The molecule has 0 saturated carbocycles. The number of carbonyl (C=O) groups excluding carboxylic acids is 1. The van der Waals surface area contributed by atoms with Gasteiger partial charge < -0.3 is 14.8 Å². The number of amides is 1. The Kier molecular flexibility index (Phi) is 7.60. The molecule has 1 atom stereocenters. The molecule has 2 N–H and O–H groups in total. The van der Waals surface area contributed by atoms with Crippen molar-refractivity contribution in [1.29, 1.82) is 0 Å². The number of nitrogens with one attached hydrogen (secondary N) is 2. The highest BCUT2D eigenvalue weighted by Crippen LogP contribution is 2.28. The van der Waals surface area contributed by atoms with Gasteiger partial charge in [0, 0.05) is 5.69 Å². The molecule has 3 rings (SSSR count). The van der Waals surface area contributed by atoms with Crippen molar-refractivity contribution in [2.75, 3.05) is 17.1 Å². The lowest BCUT2D eigenvalue weighted by Crippen LogP contribution is -2.32. The van der Waals surface area contributed by atoms with E-state index in [1.165, 1.54) is 19.2 Å². The maximum absolute atomic E-state index is 12.8. The Balaban J connectivity index is 1.70. The minimum Gasteiger partial charge on any atom is -0.495 e. The number of benzene rings is 3. The number of aryl methyl sites for hydroxylation is 2. The Bertz CT molecular complexity index is 1220. The van der Waals surface area contributed by atoms with Crippen LogP contribution in [0.25, 0.3) is 0 Å². The van der Waals surface area contributed by atoms with Gasteiger partial charge >= 0.3 is 0 Å². The van der Waals surface area contributed by atoms with Crippen LogP contribution in [0.3, 0.4) is 0 Å². The van der Waals surface area contributed by atoms with E-state index in [2.05, 4.69) is 10.0 Å². The van der Waals surface area contributed by atoms with Crippen LogP contribution >= 0.6 is 0 Å². The minimum absolute atomic E-state index is 0.0621. The molecular weight excluding hydrogens is 440 g/mol. The van der Waals surface area contributed by atoms with Gasteiger partial charge in [0.2, 0.25) is 0 Å². The van der Waals surface area contributed by atoms with Crippen molar-refractivity contribution in [3.63, 3.8) is 0 Å². The summed E-state index contributed by atoms with van der Waals surface area (Å²) in [5.41, 5.74) is 2.76. The summed E-state index contributed by atoms with van der Waals surface area (Å²) in [7, 11) is -2.36. The number of anilines is 2. The molecule has 0 aliphatic carbocycles. The van der Waals surface area contributed by atoms with E-state index in [0.717, 1.165) is 11.1 Å². The van der Waals surface area contributed by atoms with Gasteiger partial charge in [-0.25, -0.2) is 8.42 Å². The molecule has 0 bridgehead atoms. The minimum atomic E-state index is -3.84. The fourth-order valence-electron chi connectivity index (χ4n) is 3.22. The lowest BCUT2D eigenvalue weighted by Gasteiger charge is -2.18. The zero-order valence-corrected chi connectivity index (χ0v) is 19.9. The third-order valence-corrected chi connectivity index (χ3v) is 6.34. The molecule has 0 spiro atoms. The largest absolute Gasteiger partial charge is 0.495 e. The highest BCUT2D eigenvalue weighted by Gasteiger charge is 2.20. The van der Waals surface area contributed by atoms with Crippen LogP contribution in [0.4, 0.5) is 11.4 Å². The fraction of sp³-hybridized carbons (Fsp3) is 0.240. The summed E-state index contributed by atoms with van der Waals surface area (Å²) in [5.74, 6) is 0.737. The summed E-state index contributed by atoms with van der Waals surface area (Å²) >= 11 is 0. The molecule has 0 saturated heterocycles. The summed E-state index contributed by atoms with van der Waals surface area (Å²) in [4.78, 5) is 12.7. The van der Waals surface area contributed by atoms with Gasteiger partial charge in [-0.2, -0.15) is 0 Å². The summed E-state index contributed by atoms with van der Waals surface area (Å²) in [6, 6.07) is 18.7. The van der Waals surface area contributed by atoms with Crippen molar-refractivity contribution >= 4 is 27.3 Å². The van der Waals surface area contributed by atoms with E-state index in [-0.39, 0.29) is 10.8 Å². The van der Waals surface area contributed by atoms with Crippen LogP contribution in [0, 0.1) is 13.8 Å². The Morgan fingerprint density at radius 1 is 0.970 bits per heavy atom. The number of hydrogen-bond donors (Lipinski definition) is 2. The van der Waals surface area contributed by atoms with E-state index in [1.54, 1.807) is 30.3 Å². The van der Waals surface area contributed by atoms with Crippen molar-refractivity contribution in [3.8, 4) is 11.5 Å². The van der Waals surface area contributed by atoms with Gasteiger partial charge in [-0.05, 0) is 79.9 Å². The van der Waals surface area contributed by atoms with E-state index in [1.807, 2.05) is 45.0 Å². The quantitative estimate of drug-likeness (QED) is 0.465. The number of methoxy groups -OCH3 is 1. The summed E-state index contributed by atoms with van der Waals surface area (Å²) in [6.07, 6.45) is -0.195. The molecule has 0 fully saturated rings. The van der Waals surface area contributed by atoms with Gasteiger partial charge in [0.25, 0.3) is 15.9 Å². The standard InChI is InChI=1S/C25H28N2O5S/c1-5-23(32-20-8-6-7-17(2)15-20)25(28)26-19-10-12-21(13-11-19)33(29,30)27-22-16-18(3)9-14-24(22)31-4/h6-16,23,27H,5H2,1-4H3,(H,26,28). The van der Waals surface area contributed by atoms with Gasteiger partial charge in [-0.15, -0.1) is 0 Å². The zero-order chi connectivity index (χ0) is 24.0. The molecule has 0 heterocycles. The monoisotopic (exact) mass is 468 g/mol. The second kappa shape index (κ2) is 10.4. The average Bonchev–Trinajstić information content (AvgIpc) is 2.77. The third kappa shape index (κ3) is 6.26. The summed E-state index contributed by atoms with van der Waals surface area (Å²) in [6.45, 7) is 5.68. The fourth-order valence-corrected chi connectivity index (χ4v) is 4.28. The molecule has 3 aromatic carbocycles. The van der Waals surface area contributed by atoms with Crippen molar-refractivity contribution < 1.29 is 22.7 Å². The lowest BCUT2D eigenvalue weighted by atomic mass is 10.2. The van der Waals surface area contributed by atoms with Crippen LogP contribution in [-0.4, -0.2) is 27.5 Å². The SMILES string of the molecule is CCC(Oc1cccc(C)c1)C(=O)Nc1ccc(S(=O)(=O)Nc2cc(C)ccc2OC)cc1. The first-order valence-electron chi connectivity index (χ1n) is 10.5. The maximum Gasteiger partial charge on any atom is 0.265 e. The van der Waals surface area contributed by atoms with E-state index in [9.17, 15) is 13.2 Å². The van der Waals surface area contributed by atoms with Crippen LogP contribution in [0.15, 0.2) is 71.6 Å². The van der Waals surface area contributed by atoms with Crippen LogP contribution < -0.4 is 19.5 Å². The highest BCUT2D eigenvalue weighted by molar-refractivity contribution is 7.92. The van der Waals surface area contributed by atoms with E-state index in [4.69, 9.17) is 9.47 Å². The van der Waals surface area contributed by atoms with Crippen molar-refractivity contribution in [2.24, 2.45) is 0 Å². The second-order valence-electron chi connectivity index (χ2n) is 7.65. The van der Waals surface area contributed by atoms with Gasteiger partial charge in [0.05, 0.1) is 17.7 Å². The lowest BCUT2D eigenvalue weighted by molar-refractivity contribution is -0.122. The maximum atomic E-state index is 12.8. The van der Waals surface area contributed by atoms with E-state index in [0.29, 0.717) is 29.3 Å². The predicted octanol–water partition coefficient (Wildman–Crippen LogP) is 4.91. The zero-order valence-electron chi connectivity index (χ0n) is 19.1. The smallest absolute Gasteiger partial charge is 0.265 e. The van der Waals surface area contributed by atoms with Crippen LogP contribution in [0.2, 0.25) is 0 Å². The number of ether oxygens (including phenoxy) is 2. The van der Waals surface area contributed by atoms with Crippen molar-refractivity contribution in [2.45, 2.75) is 38.2 Å². The van der Waals surface area contributed by atoms with Gasteiger partial charge in [0.1, 0.15) is 11.5 Å². The molecule has 33 heavy (non-hydrogen) atoms. The second-order valence-corrected chi connectivity index (χ2v) is 9.34. The van der Waals surface area contributed by atoms with Gasteiger partial charge in [-0.1, -0.05) is 25.1 Å². The molecular formula is C25H28N2O5S. The highest BCUT2D eigenvalue weighted by atomic mass is 32.2.